The van der Waals surface area contributed by atoms with E-state index in [-0.39, 0.29) is 29.2 Å². The van der Waals surface area contributed by atoms with Gasteiger partial charge in [-0.3, -0.25) is 9.89 Å². The molecule has 2 unspecified atom stereocenters. The van der Waals surface area contributed by atoms with Crippen molar-refractivity contribution in [2.45, 2.75) is 44.4 Å². The highest BCUT2D eigenvalue weighted by molar-refractivity contribution is 7.99. The molecule has 19 heavy (non-hydrogen) atoms. The number of nitrogens with zero attached hydrogens (tertiary/aromatic N) is 1. The van der Waals surface area contributed by atoms with Crippen molar-refractivity contribution in [2.75, 3.05) is 12.9 Å². The van der Waals surface area contributed by atoms with Gasteiger partial charge in [-0.15, -0.1) is 0 Å². The van der Waals surface area contributed by atoms with Crippen LogP contribution in [0, 0.1) is 0 Å². The van der Waals surface area contributed by atoms with Crippen LogP contribution in [0.1, 0.15) is 43.9 Å². The third kappa shape index (κ3) is 4.24. The smallest absolute Gasteiger partial charge is 0.272 e. The molecule has 1 amide bonds. The number of rotatable bonds is 5. The maximum absolute atomic E-state index is 12.0. The van der Waals surface area contributed by atoms with Crippen molar-refractivity contribution in [3.8, 4) is 0 Å². The van der Waals surface area contributed by atoms with E-state index in [4.69, 9.17) is 0 Å². The molecule has 1 aromatic heterocycles. The zero-order valence-corrected chi connectivity index (χ0v) is 13.0. The second kappa shape index (κ2) is 6.43. The Morgan fingerprint density at radius 1 is 1.58 bits per heavy atom. The first-order chi connectivity index (χ1) is 8.79. The summed E-state index contributed by atoms with van der Waals surface area (Å²) in [6.07, 6.45) is 1.91. The SMILES string of the molecule is CSC(CO)C(C)NC(=O)c1cc(C(C)(C)C)[nH]n1. The number of carbonyl (C=O) groups is 1. The largest absolute Gasteiger partial charge is 0.395 e. The lowest BCUT2D eigenvalue weighted by atomic mass is 9.92. The van der Waals surface area contributed by atoms with Crippen LogP contribution < -0.4 is 5.32 Å². The minimum atomic E-state index is -0.216. The Bertz CT molecular complexity index is 422. The molecule has 1 heterocycles. The van der Waals surface area contributed by atoms with E-state index in [2.05, 4.69) is 36.3 Å². The predicted molar refractivity (Wildman–Crippen MR) is 78.6 cm³/mol. The highest BCUT2D eigenvalue weighted by Gasteiger charge is 2.22. The molecule has 0 saturated carbocycles. The van der Waals surface area contributed by atoms with Gasteiger partial charge in [0.1, 0.15) is 5.69 Å². The molecule has 0 fully saturated rings. The summed E-state index contributed by atoms with van der Waals surface area (Å²) in [6, 6.07) is 1.66. The number of aromatic amines is 1. The second-order valence-corrected chi connectivity index (χ2v) is 6.71. The number of aliphatic hydroxyl groups excluding tert-OH is 1. The number of amides is 1. The summed E-state index contributed by atoms with van der Waals surface area (Å²) in [4.78, 5) is 12.0. The number of carbonyl (C=O) groups excluding carboxylic acids is 1. The molecule has 0 aliphatic heterocycles. The quantitative estimate of drug-likeness (QED) is 0.767. The van der Waals surface area contributed by atoms with E-state index < -0.39 is 0 Å². The molecule has 0 radical (unpaired) electrons. The Morgan fingerprint density at radius 3 is 2.63 bits per heavy atom. The summed E-state index contributed by atoms with van der Waals surface area (Å²) in [5.74, 6) is -0.216. The molecule has 0 aliphatic carbocycles. The van der Waals surface area contributed by atoms with E-state index in [0.717, 1.165) is 5.69 Å². The van der Waals surface area contributed by atoms with Crippen molar-refractivity contribution in [2.24, 2.45) is 0 Å². The molecule has 3 N–H and O–H groups in total. The Kier molecular flexibility index (Phi) is 5.43. The van der Waals surface area contributed by atoms with E-state index in [1.165, 1.54) is 11.8 Å². The summed E-state index contributed by atoms with van der Waals surface area (Å²) >= 11 is 1.53. The number of hydrogen-bond acceptors (Lipinski definition) is 4. The molecule has 1 rings (SSSR count). The third-order valence-electron chi connectivity index (χ3n) is 3.02. The van der Waals surface area contributed by atoms with Crippen LogP contribution in [0.15, 0.2) is 6.07 Å². The summed E-state index contributed by atoms with van der Waals surface area (Å²) in [5, 5.41) is 19.0. The van der Waals surface area contributed by atoms with Gasteiger partial charge >= 0.3 is 0 Å². The van der Waals surface area contributed by atoms with Crippen LogP contribution in [0.4, 0.5) is 0 Å². The molecule has 0 aliphatic rings. The molecular formula is C13H23N3O2S. The fourth-order valence-corrected chi connectivity index (χ4v) is 2.26. The average molecular weight is 285 g/mol. The van der Waals surface area contributed by atoms with Crippen LogP contribution in [0.3, 0.4) is 0 Å². The van der Waals surface area contributed by atoms with Crippen molar-refractivity contribution >= 4 is 17.7 Å². The zero-order valence-electron chi connectivity index (χ0n) is 12.2. The highest BCUT2D eigenvalue weighted by Crippen LogP contribution is 2.20. The Balaban J connectivity index is 2.71. The van der Waals surface area contributed by atoms with Crippen molar-refractivity contribution in [3.05, 3.63) is 17.5 Å². The van der Waals surface area contributed by atoms with Gasteiger partial charge in [0, 0.05) is 22.4 Å². The minimum Gasteiger partial charge on any atom is -0.395 e. The van der Waals surface area contributed by atoms with Crippen LogP contribution in [0.5, 0.6) is 0 Å². The van der Waals surface area contributed by atoms with Crippen LogP contribution in [0.25, 0.3) is 0 Å². The Morgan fingerprint density at radius 2 is 2.21 bits per heavy atom. The van der Waals surface area contributed by atoms with Gasteiger partial charge in [-0.1, -0.05) is 20.8 Å². The number of nitrogens with one attached hydrogen (secondary N) is 2. The van der Waals surface area contributed by atoms with Gasteiger partial charge in [0.2, 0.25) is 0 Å². The number of aliphatic hydroxyl groups is 1. The summed E-state index contributed by atoms with van der Waals surface area (Å²) in [5.41, 5.74) is 1.24. The normalized spacial score (nSPS) is 15.1. The van der Waals surface area contributed by atoms with E-state index in [1.807, 2.05) is 13.2 Å². The molecule has 6 heteroatoms. The molecule has 0 bridgehead atoms. The van der Waals surface area contributed by atoms with Crippen molar-refractivity contribution in [1.82, 2.24) is 15.5 Å². The zero-order chi connectivity index (χ0) is 14.6. The van der Waals surface area contributed by atoms with Gasteiger partial charge in [0.15, 0.2) is 0 Å². The van der Waals surface area contributed by atoms with Crippen LogP contribution in [-0.4, -0.2) is 45.4 Å². The Hall–Kier alpha value is -1.01. The molecule has 0 saturated heterocycles. The number of aromatic nitrogens is 2. The maximum Gasteiger partial charge on any atom is 0.272 e. The summed E-state index contributed by atoms with van der Waals surface area (Å²) in [7, 11) is 0. The molecule has 108 valence electrons. The van der Waals surface area contributed by atoms with Gasteiger partial charge in [-0.25, -0.2) is 0 Å². The lowest BCUT2D eigenvalue weighted by Crippen LogP contribution is -2.41. The highest BCUT2D eigenvalue weighted by atomic mass is 32.2. The molecule has 1 aromatic rings. The third-order valence-corrected chi connectivity index (χ3v) is 4.18. The molecule has 2 atom stereocenters. The number of thioether (sulfide) groups is 1. The van der Waals surface area contributed by atoms with Gasteiger partial charge < -0.3 is 10.4 Å². The lowest BCUT2D eigenvalue weighted by Gasteiger charge is -2.20. The van der Waals surface area contributed by atoms with Crippen molar-refractivity contribution in [3.63, 3.8) is 0 Å². The molecular weight excluding hydrogens is 262 g/mol. The lowest BCUT2D eigenvalue weighted by molar-refractivity contribution is 0.0931. The monoisotopic (exact) mass is 285 g/mol. The van der Waals surface area contributed by atoms with Crippen LogP contribution in [-0.2, 0) is 5.41 Å². The first kappa shape index (κ1) is 16.0. The van der Waals surface area contributed by atoms with E-state index in [1.54, 1.807) is 6.07 Å². The minimum absolute atomic E-state index is 0.00928. The molecule has 5 nitrogen and oxygen atoms in total. The Labute approximate surface area is 118 Å². The van der Waals surface area contributed by atoms with E-state index in [9.17, 15) is 9.90 Å². The van der Waals surface area contributed by atoms with Crippen LogP contribution >= 0.6 is 11.8 Å². The fraction of sp³-hybridized carbons (Fsp3) is 0.692. The van der Waals surface area contributed by atoms with Gasteiger partial charge in [-0.2, -0.15) is 16.9 Å². The van der Waals surface area contributed by atoms with E-state index >= 15 is 0 Å². The summed E-state index contributed by atoms with van der Waals surface area (Å²) in [6.45, 7) is 8.09. The fourth-order valence-electron chi connectivity index (χ4n) is 1.63. The molecule has 0 spiro atoms. The molecule has 0 aromatic carbocycles. The number of H-pyrrole nitrogens is 1. The number of hydrogen-bond donors (Lipinski definition) is 3. The first-order valence-electron chi connectivity index (χ1n) is 6.30. The predicted octanol–water partition coefficient (Wildman–Crippen LogP) is 1.55. The second-order valence-electron chi connectivity index (χ2n) is 5.64. The standard InChI is InChI=1S/C13H23N3O2S/c1-8(10(7-17)19-5)14-12(18)9-6-11(16-15-9)13(2,3)4/h6,8,10,17H,7H2,1-5H3,(H,14,18)(H,15,16). The van der Waals surface area contributed by atoms with Gasteiger partial charge in [0.25, 0.3) is 5.91 Å². The van der Waals surface area contributed by atoms with Crippen molar-refractivity contribution < 1.29 is 9.90 Å². The summed E-state index contributed by atoms with van der Waals surface area (Å²) < 4.78 is 0. The average Bonchev–Trinajstić information content (AvgIpc) is 2.79. The first-order valence-corrected chi connectivity index (χ1v) is 7.58. The van der Waals surface area contributed by atoms with E-state index in [0.29, 0.717) is 5.69 Å². The topological polar surface area (TPSA) is 78.0 Å². The van der Waals surface area contributed by atoms with Crippen LogP contribution in [0.2, 0.25) is 0 Å². The van der Waals surface area contributed by atoms with Gasteiger partial charge in [-0.05, 0) is 19.2 Å². The maximum atomic E-state index is 12.0. The van der Waals surface area contributed by atoms with Gasteiger partial charge in [0.05, 0.1) is 6.61 Å². The van der Waals surface area contributed by atoms with Crippen molar-refractivity contribution in [1.29, 1.82) is 0 Å².